The molecule has 3 heteroatoms. The highest BCUT2D eigenvalue weighted by Crippen LogP contribution is 2.12. The minimum absolute atomic E-state index is 0.298. The Labute approximate surface area is 62.0 Å². The second-order valence-corrected chi connectivity index (χ2v) is 2.91. The summed E-state index contributed by atoms with van der Waals surface area (Å²) in [4.78, 5) is 2.27. The first-order chi connectivity index (χ1) is 4.86. The third-order valence-electron chi connectivity index (χ3n) is 1.94. The zero-order valence-electron chi connectivity index (χ0n) is 6.51. The Kier molecular flexibility index (Phi) is 3.12. The van der Waals surface area contributed by atoms with Crippen molar-refractivity contribution in [3.8, 4) is 0 Å². The number of hydrogen-bond acceptors (Lipinski definition) is 3. The van der Waals surface area contributed by atoms with Gasteiger partial charge in [-0.15, -0.1) is 0 Å². The van der Waals surface area contributed by atoms with Crippen LogP contribution in [0.1, 0.15) is 0 Å². The summed E-state index contributed by atoms with van der Waals surface area (Å²) in [5, 5.41) is 11.7. The summed E-state index contributed by atoms with van der Waals surface area (Å²) in [6.45, 7) is 4.57. The molecule has 3 nitrogen and oxygen atoms in total. The van der Waals surface area contributed by atoms with Crippen molar-refractivity contribution < 1.29 is 5.11 Å². The maximum atomic E-state index is 8.56. The van der Waals surface area contributed by atoms with Gasteiger partial charge >= 0.3 is 0 Å². The molecule has 1 aliphatic rings. The number of aliphatic hydroxyl groups excluding tert-OH is 1. The molecule has 0 aromatic rings. The van der Waals surface area contributed by atoms with Gasteiger partial charge < -0.3 is 15.3 Å². The third kappa shape index (κ3) is 1.94. The molecular weight excluding hydrogens is 128 g/mol. The topological polar surface area (TPSA) is 35.5 Å². The number of β-amino-alcohol motifs (C(OH)–C–C–N with tert-alkyl or cyclic N) is 1. The number of nitrogens with one attached hydrogen (secondary N) is 1. The first-order valence-corrected chi connectivity index (χ1v) is 3.84. The quantitative estimate of drug-likeness (QED) is 0.538. The molecule has 0 aromatic heterocycles. The van der Waals surface area contributed by atoms with Crippen LogP contribution in [-0.2, 0) is 0 Å². The van der Waals surface area contributed by atoms with Gasteiger partial charge in [0.1, 0.15) is 0 Å². The van der Waals surface area contributed by atoms with Crippen LogP contribution in [0.2, 0.25) is 0 Å². The van der Waals surface area contributed by atoms with Crippen molar-refractivity contribution in [1.82, 2.24) is 10.2 Å². The predicted octanol–water partition coefficient (Wildman–Crippen LogP) is -0.870. The second-order valence-electron chi connectivity index (χ2n) is 2.91. The fourth-order valence-electron chi connectivity index (χ4n) is 1.42. The summed E-state index contributed by atoms with van der Waals surface area (Å²) in [5.41, 5.74) is 0. The van der Waals surface area contributed by atoms with E-state index in [1.165, 1.54) is 0 Å². The van der Waals surface area contributed by atoms with Crippen LogP contribution in [0.3, 0.4) is 0 Å². The van der Waals surface area contributed by atoms with Crippen molar-refractivity contribution in [2.45, 2.75) is 0 Å². The lowest BCUT2D eigenvalue weighted by Gasteiger charge is -2.38. The zero-order chi connectivity index (χ0) is 7.40. The van der Waals surface area contributed by atoms with Crippen molar-refractivity contribution in [2.24, 2.45) is 5.92 Å². The summed E-state index contributed by atoms with van der Waals surface area (Å²) in [6.07, 6.45) is 0. The average molecular weight is 144 g/mol. The monoisotopic (exact) mass is 144 g/mol. The first kappa shape index (κ1) is 7.98. The van der Waals surface area contributed by atoms with Gasteiger partial charge in [-0.3, -0.25) is 0 Å². The molecule has 1 fully saturated rings. The van der Waals surface area contributed by atoms with Crippen molar-refractivity contribution in [1.29, 1.82) is 0 Å². The normalized spacial score (nSPS) is 21.0. The van der Waals surface area contributed by atoms with E-state index in [-0.39, 0.29) is 0 Å². The van der Waals surface area contributed by atoms with Gasteiger partial charge in [-0.2, -0.15) is 0 Å². The van der Waals surface area contributed by atoms with Gasteiger partial charge in [-0.05, 0) is 13.0 Å². The van der Waals surface area contributed by atoms with Crippen LogP contribution in [0.25, 0.3) is 0 Å². The molecule has 10 heavy (non-hydrogen) atoms. The molecule has 0 unspecified atom stereocenters. The first-order valence-electron chi connectivity index (χ1n) is 3.84. The van der Waals surface area contributed by atoms with E-state index >= 15 is 0 Å². The summed E-state index contributed by atoms with van der Waals surface area (Å²) in [6, 6.07) is 0. The minimum Gasteiger partial charge on any atom is -0.395 e. The molecule has 0 atom stereocenters. The Bertz CT molecular complexity index is 81.6. The van der Waals surface area contributed by atoms with Gasteiger partial charge in [0.05, 0.1) is 6.61 Å². The highest BCUT2D eigenvalue weighted by Gasteiger charge is 2.24. The predicted molar refractivity (Wildman–Crippen MR) is 40.9 cm³/mol. The van der Waals surface area contributed by atoms with Crippen LogP contribution in [-0.4, -0.2) is 49.8 Å². The smallest absolute Gasteiger partial charge is 0.0558 e. The fraction of sp³-hybridized carbons (Fsp3) is 1.00. The summed E-state index contributed by atoms with van der Waals surface area (Å²) < 4.78 is 0. The van der Waals surface area contributed by atoms with Crippen LogP contribution in [0.15, 0.2) is 0 Å². The molecule has 0 radical (unpaired) electrons. The van der Waals surface area contributed by atoms with Gasteiger partial charge in [0.2, 0.25) is 0 Å². The van der Waals surface area contributed by atoms with Gasteiger partial charge in [0, 0.05) is 26.2 Å². The third-order valence-corrected chi connectivity index (χ3v) is 1.94. The number of aliphatic hydroxyl groups is 1. The number of hydrogen-bond donors (Lipinski definition) is 2. The highest BCUT2D eigenvalue weighted by molar-refractivity contribution is 4.80. The van der Waals surface area contributed by atoms with Crippen molar-refractivity contribution in [3.05, 3.63) is 0 Å². The van der Waals surface area contributed by atoms with E-state index in [0.29, 0.717) is 6.61 Å². The zero-order valence-corrected chi connectivity index (χ0v) is 6.51. The van der Waals surface area contributed by atoms with Crippen molar-refractivity contribution in [2.75, 3.05) is 39.8 Å². The molecule has 0 spiro atoms. The van der Waals surface area contributed by atoms with Crippen LogP contribution >= 0.6 is 0 Å². The number of likely N-dealkylation sites (tertiary alicyclic amines) is 1. The SMILES string of the molecule is CNCC1CN(CCO)C1. The van der Waals surface area contributed by atoms with E-state index in [2.05, 4.69) is 10.2 Å². The molecule has 60 valence electrons. The number of rotatable bonds is 4. The Morgan fingerprint density at radius 2 is 2.30 bits per heavy atom. The summed E-state index contributed by atoms with van der Waals surface area (Å²) >= 11 is 0. The molecule has 1 rings (SSSR count). The average Bonchev–Trinajstić information content (AvgIpc) is 1.84. The molecule has 0 saturated carbocycles. The molecule has 1 aliphatic heterocycles. The van der Waals surface area contributed by atoms with Crippen molar-refractivity contribution in [3.63, 3.8) is 0 Å². The van der Waals surface area contributed by atoms with E-state index in [4.69, 9.17) is 5.11 Å². The molecule has 2 N–H and O–H groups in total. The lowest BCUT2D eigenvalue weighted by Crippen LogP contribution is -2.51. The molecule has 1 heterocycles. The van der Waals surface area contributed by atoms with Crippen LogP contribution < -0.4 is 5.32 Å². The molecule has 0 amide bonds. The molecule has 0 aliphatic carbocycles. The maximum Gasteiger partial charge on any atom is 0.0558 e. The van der Waals surface area contributed by atoms with Gasteiger partial charge in [-0.25, -0.2) is 0 Å². The van der Waals surface area contributed by atoms with Crippen LogP contribution in [0.4, 0.5) is 0 Å². The van der Waals surface area contributed by atoms with Gasteiger partial charge in [-0.1, -0.05) is 0 Å². The van der Waals surface area contributed by atoms with Crippen molar-refractivity contribution >= 4 is 0 Å². The van der Waals surface area contributed by atoms with Crippen LogP contribution in [0.5, 0.6) is 0 Å². The van der Waals surface area contributed by atoms with E-state index in [9.17, 15) is 0 Å². The minimum atomic E-state index is 0.298. The van der Waals surface area contributed by atoms with Gasteiger partial charge in [0.25, 0.3) is 0 Å². The lowest BCUT2D eigenvalue weighted by molar-refractivity contribution is 0.0789. The van der Waals surface area contributed by atoms with E-state index in [1.807, 2.05) is 7.05 Å². The Hall–Kier alpha value is -0.120. The summed E-state index contributed by atoms with van der Waals surface area (Å²) in [5.74, 6) is 0.816. The van der Waals surface area contributed by atoms with E-state index < -0.39 is 0 Å². The van der Waals surface area contributed by atoms with Crippen LogP contribution in [0, 0.1) is 5.92 Å². The Morgan fingerprint density at radius 1 is 1.60 bits per heavy atom. The van der Waals surface area contributed by atoms with E-state index in [0.717, 1.165) is 32.1 Å². The molecule has 0 aromatic carbocycles. The van der Waals surface area contributed by atoms with E-state index in [1.54, 1.807) is 0 Å². The molecular formula is C7H16N2O. The van der Waals surface area contributed by atoms with Gasteiger partial charge in [0.15, 0.2) is 0 Å². The summed E-state index contributed by atoms with van der Waals surface area (Å²) in [7, 11) is 1.98. The highest BCUT2D eigenvalue weighted by atomic mass is 16.3. The lowest BCUT2D eigenvalue weighted by atomic mass is 10.0. The number of nitrogens with zero attached hydrogens (tertiary/aromatic N) is 1. The Morgan fingerprint density at radius 3 is 2.80 bits per heavy atom. The standard InChI is InChI=1S/C7H16N2O/c1-8-4-7-5-9(6-7)2-3-10/h7-8,10H,2-6H2,1H3. The Balaban J connectivity index is 1.95. The fourth-order valence-corrected chi connectivity index (χ4v) is 1.42. The maximum absolute atomic E-state index is 8.56. The molecule has 0 bridgehead atoms. The largest absolute Gasteiger partial charge is 0.395 e. The second kappa shape index (κ2) is 3.91. The molecule has 1 saturated heterocycles.